The molecule has 0 radical (unpaired) electrons. The Bertz CT molecular complexity index is 852. The summed E-state index contributed by atoms with van der Waals surface area (Å²) in [5.41, 5.74) is 0.00455. The van der Waals surface area contributed by atoms with Gasteiger partial charge in [0.1, 0.15) is 5.82 Å². The molecule has 0 aliphatic carbocycles. The van der Waals surface area contributed by atoms with E-state index in [-0.39, 0.29) is 28.3 Å². The molecule has 0 atom stereocenters. The first kappa shape index (κ1) is 17.0. The van der Waals surface area contributed by atoms with E-state index >= 15 is 0 Å². The van der Waals surface area contributed by atoms with Crippen molar-refractivity contribution in [3.8, 4) is 0 Å². The molecule has 2 rings (SSSR count). The van der Waals surface area contributed by atoms with Crippen LogP contribution in [0.5, 0.6) is 0 Å². The highest BCUT2D eigenvalue weighted by molar-refractivity contribution is 7.89. The van der Waals surface area contributed by atoms with E-state index in [0.717, 1.165) is 4.31 Å². The van der Waals surface area contributed by atoms with Crippen molar-refractivity contribution in [2.75, 3.05) is 7.05 Å². The predicted octanol–water partition coefficient (Wildman–Crippen LogP) is 2.86. The van der Waals surface area contributed by atoms with Gasteiger partial charge in [-0.1, -0.05) is 24.3 Å². The van der Waals surface area contributed by atoms with Gasteiger partial charge in [0, 0.05) is 30.8 Å². The second-order valence-corrected chi connectivity index (χ2v) is 7.02. The van der Waals surface area contributed by atoms with Gasteiger partial charge in [0.05, 0.1) is 9.82 Å². The third kappa shape index (κ3) is 3.38. The summed E-state index contributed by atoms with van der Waals surface area (Å²) in [6, 6.07) is 9.71. The fourth-order valence-corrected chi connectivity index (χ4v) is 3.59. The zero-order valence-corrected chi connectivity index (χ0v) is 13.4. The summed E-state index contributed by atoms with van der Waals surface area (Å²) in [6.07, 6.45) is 0. The van der Waals surface area contributed by atoms with Gasteiger partial charge in [0.25, 0.3) is 5.69 Å². The van der Waals surface area contributed by atoms with Crippen LogP contribution >= 0.6 is 0 Å². The van der Waals surface area contributed by atoms with Crippen molar-refractivity contribution in [3.05, 3.63) is 69.5 Å². The number of nitro benzene ring substituents is 1. The van der Waals surface area contributed by atoms with E-state index in [2.05, 4.69) is 0 Å². The third-order valence-corrected chi connectivity index (χ3v) is 5.44. The first-order chi connectivity index (χ1) is 10.7. The molecule has 0 heterocycles. The van der Waals surface area contributed by atoms with Gasteiger partial charge in [-0.2, -0.15) is 4.31 Å². The van der Waals surface area contributed by atoms with Gasteiger partial charge in [-0.15, -0.1) is 0 Å². The summed E-state index contributed by atoms with van der Waals surface area (Å²) < 4.78 is 39.9. The van der Waals surface area contributed by atoms with Crippen molar-refractivity contribution in [3.63, 3.8) is 0 Å². The second kappa shape index (κ2) is 6.43. The fraction of sp³-hybridized carbons (Fsp3) is 0.200. The number of rotatable bonds is 5. The molecular formula is C15H15FN2O4S. The molecular weight excluding hydrogens is 323 g/mol. The maximum Gasteiger partial charge on any atom is 0.273 e. The van der Waals surface area contributed by atoms with Gasteiger partial charge in [-0.3, -0.25) is 10.1 Å². The Balaban J connectivity index is 2.41. The molecule has 0 amide bonds. The number of hydrogen-bond donors (Lipinski definition) is 0. The summed E-state index contributed by atoms with van der Waals surface area (Å²) in [4.78, 5) is 10.2. The molecule has 23 heavy (non-hydrogen) atoms. The maximum absolute atomic E-state index is 13.7. The van der Waals surface area contributed by atoms with Crippen LogP contribution in [-0.2, 0) is 16.6 Å². The molecule has 0 fully saturated rings. The zero-order chi connectivity index (χ0) is 17.2. The summed E-state index contributed by atoms with van der Waals surface area (Å²) >= 11 is 0. The Morgan fingerprint density at radius 2 is 1.83 bits per heavy atom. The van der Waals surface area contributed by atoms with E-state index in [4.69, 9.17) is 0 Å². The second-order valence-electron chi connectivity index (χ2n) is 5.01. The number of halogens is 1. The number of hydrogen-bond acceptors (Lipinski definition) is 4. The van der Waals surface area contributed by atoms with Gasteiger partial charge in [-0.25, -0.2) is 12.8 Å². The average molecular weight is 338 g/mol. The first-order valence-electron chi connectivity index (χ1n) is 6.69. The number of benzene rings is 2. The normalized spacial score (nSPS) is 11.7. The average Bonchev–Trinajstić information content (AvgIpc) is 2.49. The Kier molecular flexibility index (Phi) is 4.76. The van der Waals surface area contributed by atoms with Crippen molar-refractivity contribution in [2.45, 2.75) is 18.4 Å². The summed E-state index contributed by atoms with van der Waals surface area (Å²) in [5.74, 6) is -0.509. The van der Waals surface area contributed by atoms with Gasteiger partial charge >= 0.3 is 0 Å². The quantitative estimate of drug-likeness (QED) is 0.620. The molecule has 0 aliphatic rings. The molecule has 0 aromatic heterocycles. The summed E-state index contributed by atoms with van der Waals surface area (Å²) in [6.45, 7) is 1.21. The molecule has 0 bridgehead atoms. The molecule has 0 N–H and O–H groups in total. The predicted molar refractivity (Wildman–Crippen MR) is 82.9 cm³/mol. The van der Waals surface area contributed by atoms with E-state index < -0.39 is 20.8 Å². The van der Waals surface area contributed by atoms with Crippen LogP contribution in [0.3, 0.4) is 0 Å². The Morgan fingerprint density at radius 3 is 2.43 bits per heavy atom. The molecule has 2 aromatic rings. The monoisotopic (exact) mass is 338 g/mol. The number of nitro groups is 1. The molecule has 8 heteroatoms. The first-order valence-corrected chi connectivity index (χ1v) is 8.13. The van der Waals surface area contributed by atoms with Gasteiger partial charge in [0.15, 0.2) is 0 Å². The molecule has 6 nitrogen and oxygen atoms in total. The molecule has 122 valence electrons. The fourth-order valence-electron chi connectivity index (χ4n) is 2.20. The van der Waals surface area contributed by atoms with Gasteiger partial charge < -0.3 is 0 Å². The molecule has 0 unspecified atom stereocenters. The minimum atomic E-state index is -3.98. The molecule has 0 spiro atoms. The van der Waals surface area contributed by atoms with Crippen LogP contribution in [0, 0.1) is 22.9 Å². The lowest BCUT2D eigenvalue weighted by Gasteiger charge is -2.18. The van der Waals surface area contributed by atoms with Crippen LogP contribution in [0.2, 0.25) is 0 Å². The molecule has 0 aliphatic heterocycles. The van der Waals surface area contributed by atoms with Gasteiger partial charge in [0.2, 0.25) is 10.0 Å². The van der Waals surface area contributed by atoms with Crippen molar-refractivity contribution in [1.29, 1.82) is 0 Å². The SMILES string of the molecule is Cc1c([N+](=O)[O-])cccc1S(=O)(=O)N(C)Cc1ccccc1F. The van der Waals surface area contributed by atoms with Crippen molar-refractivity contribution in [2.24, 2.45) is 0 Å². The largest absolute Gasteiger partial charge is 0.273 e. The minimum absolute atomic E-state index is 0.0536. The number of nitrogens with zero attached hydrogens (tertiary/aromatic N) is 2. The highest BCUT2D eigenvalue weighted by Crippen LogP contribution is 2.27. The van der Waals surface area contributed by atoms with Crippen molar-refractivity contribution in [1.82, 2.24) is 4.31 Å². The molecule has 2 aromatic carbocycles. The van der Waals surface area contributed by atoms with E-state index in [1.165, 1.54) is 50.4 Å². The summed E-state index contributed by atoms with van der Waals surface area (Å²) in [5, 5.41) is 11.0. The Labute approximate surface area is 133 Å². The Morgan fingerprint density at radius 1 is 1.17 bits per heavy atom. The highest BCUT2D eigenvalue weighted by atomic mass is 32.2. The van der Waals surface area contributed by atoms with Crippen LogP contribution in [-0.4, -0.2) is 24.7 Å². The number of sulfonamides is 1. The Hall–Kier alpha value is -2.32. The van der Waals surface area contributed by atoms with E-state index in [9.17, 15) is 22.9 Å². The smallest absolute Gasteiger partial charge is 0.258 e. The van der Waals surface area contributed by atoms with Crippen LogP contribution in [0.25, 0.3) is 0 Å². The van der Waals surface area contributed by atoms with Gasteiger partial charge in [-0.05, 0) is 19.1 Å². The summed E-state index contributed by atoms with van der Waals surface area (Å²) in [7, 11) is -2.67. The lowest BCUT2D eigenvalue weighted by atomic mass is 10.2. The lowest BCUT2D eigenvalue weighted by Crippen LogP contribution is -2.27. The van der Waals surface area contributed by atoms with Crippen LogP contribution < -0.4 is 0 Å². The zero-order valence-electron chi connectivity index (χ0n) is 12.6. The molecule has 0 saturated carbocycles. The standard InChI is InChI=1S/C15H15FN2O4S/c1-11-14(18(19)20)8-5-9-15(11)23(21,22)17(2)10-12-6-3-4-7-13(12)16/h3-9H,10H2,1-2H3. The topological polar surface area (TPSA) is 80.5 Å². The maximum atomic E-state index is 13.7. The van der Waals surface area contributed by atoms with Crippen LogP contribution in [0.15, 0.2) is 47.4 Å². The van der Waals surface area contributed by atoms with E-state index in [1.54, 1.807) is 6.07 Å². The highest BCUT2D eigenvalue weighted by Gasteiger charge is 2.27. The van der Waals surface area contributed by atoms with Crippen LogP contribution in [0.1, 0.15) is 11.1 Å². The minimum Gasteiger partial charge on any atom is -0.258 e. The lowest BCUT2D eigenvalue weighted by molar-refractivity contribution is -0.385. The van der Waals surface area contributed by atoms with Crippen LogP contribution in [0.4, 0.5) is 10.1 Å². The van der Waals surface area contributed by atoms with Crippen molar-refractivity contribution >= 4 is 15.7 Å². The molecule has 0 saturated heterocycles. The van der Waals surface area contributed by atoms with E-state index in [0.29, 0.717) is 0 Å². The van der Waals surface area contributed by atoms with E-state index in [1.807, 2.05) is 0 Å². The third-order valence-electron chi connectivity index (χ3n) is 3.49. The van der Waals surface area contributed by atoms with Crippen molar-refractivity contribution < 1.29 is 17.7 Å².